The van der Waals surface area contributed by atoms with E-state index >= 15 is 0 Å². The number of hydrogen-bond donors (Lipinski definition) is 0. The van der Waals surface area contributed by atoms with Crippen LogP contribution in [0.15, 0.2) is 29.2 Å². The second-order valence-corrected chi connectivity index (χ2v) is 7.20. The molecule has 0 unspecified atom stereocenters. The molecule has 0 bridgehead atoms. The summed E-state index contributed by atoms with van der Waals surface area (Å²) >= 11 is 0. The lowest BCUT2D eigenvalue weighted by Gasteiger charge is -2.15. The van der Waals surface area contributed by atoms with E-state index in [2.05, 4.69) is 0 Å². The standard InChI is InChI=1S/C16H24O8S/c1-12-4-6-13(7-5-12)25(17,18)23-9-15-16(24-15)14(22-11-20-3)8-21-10-19-2/h4-7,14-16H,8-11H2,1-3H3/t14-,15-,16+/m1/s1. The van der Waals surface area contributed by atoms with Crippen LogP contribution < -0.4 is 0 Å². The molecule has 0 aliphatic carbocycles. The van der Waals surface area contributed by atoms with Gasteiger partial charge in [0, 0.05) is 14.2 Å². The fraction of sp³-hybridized carbons (Fsp3) is 0.625. The molecular weight excluding hydrogens is 352 g/mol. The number of hydrogen-bond acceptors (Lipinski definition) is 8. The maximum absolute atomic E-state index is 12.2. The second kappa shape index (κ2) is 9.58. The number of aryl methyl sites for hydroxylation is 1. The maximum Gasteiger partial charge on any atom is 0.297 e. The van der Waals surface area contributed by atoms with Gasteiger partial charge in [0.2, 0.25) is 0 Å². The van der Waals surface area contributed by atoms with E-state index in [9.17, 15) is 8.42 Å². The predicted molar refractivity (Wildman–Crippen MR) is 87.6 cm³/mol. The Bertz CT molecular complexity index is 616. The van der Waals surface area contributed by atoms with Crippen LogP contribution in [0.3, 0.4) is 0 Å². The highest BCUT2D eigenvalue weighted by Gasteiger charge is 2.46. The van der Waals surface area contributed by atoms with Crippen molar-refractivity contribution < 1.29 is 36.3 Å². The summed E-state index contributed by atoms with van der Waals surface area (Å²) in [6, 6.07) is 6.46. The van der Waals surface area contributed by atoms with Crippen LogP contribution in [0.5, 0.6) is 0 Å². The molecule has 0 amide bonds. The van der Waals surface area contributed by atoms with Crippen LogP contribution in [0.2, 0.25) is 0 Å². The minimum absolute atomic E-state index is 0.0795. The molecule has 1 aliphatic heterocycles. The van der Waals surface area contributed by atoms with Gasteiger partial charge in [0.15, 0.2) is 0 Å². The van der Waals surface area contributed by atoms with Crippen molar-refractivity contribution in [1.82, 2.24) is 0 Å². The molecule has 9 heteroatoms. The van der Waals surface area contributed by atoms with Gasteiger partial charge in [0.05, 0.1) is 18.1 Å². The van der Waals surface area contributed by atoms with Gasteiger partial charge in [-0.15, -0.1) is 0 Å². The molecule has 25 heavy (non-hydrogen) atoms. The first-order valence-corrected chi connectivity index (χ1v) is 9.17. The summed E-state index contributed by atoms with van der Waals surface area (Å²) in [7, 11) is -0.787. The van der Waals surface area contributed by atoms with Gasteiger partial charge in [-0.2, -0.15) is 8.42 Å². The van der Waals surface area contributed by atoms with Crippen LogP contribution in [0.1, 0.15) is 5.56 Å². The van der Waals surface area contributed by atoms with Crippen LogP contribution >= 0.6 is 0 Å². The first-order valence-electron chi connectivity index (χ1n) is 7.76. The summed E-state index contributed by atoms with van der Waals surface area (Å²) in [6.45, 7) is 2.24. The molecule has 1 aliphatic rings. The molecule has 8 nitrogen and oxygen atoms in total. The third kappa shape index (κ3) is 6.30. The second-order valence-electron chi connectivity index (χ2n) is 5.58. The van der Waals surface area contributed by atoms with Crippen molar-refractivity contribution in [3.8, 4) is 0 Å². The van der Waals surface area contributed by atoms with Crippen molar-refractivity contribution in [2.45, 2.75) is 30.1 Å². The Morgan fingerprint density at radius 1 is 1.12 bits per heavy atom. The Labute approximate surface area is 148 Å². The molecule has 0 N–H and O–H groups in total. The van der Waals surface area contributed by atoms with Crippen LogP contribution in [0, 0.1) is 6.92 Å². The molecule has 0 aromatic heterocycles. The van der Waals surface area contributed by atoms with Crippen LogP contribution in [-0.2, 0) is 38.0 Å². The summed E-state index contributed by atoms with van der Waals surface area (Å²) in [4.78, 5) is 0.117. The van der Waals surface area contributed by atoms with Crippen molar-refractivity contribution in [1.29, 1.82) is 0 Å². The highest BCUT2D eigenvalue weighted by molar-refractivity contribution is 7.86. The fourth-order valence-corrected chi connectivity index (χ4v) is 3.11. The summed E-state index contributed by atoms with van der Waals surface area (Å²) in [5, 5.41) is 0. The summed E-state index contributed by atoms with van der Waals surface area (Å²) < 4.78 is 55.3. The molecule has 1 heterocycles. The van der Waals surface area contributed by atoms with E-state index in [1.165, 1.54) is 26.4 Å². The third-order valence-corrected chi connectivity index (χ3v) is 4.86. The highest BCUT2D eigenvalue weighted by atomic mass is 32.2. The molecule has 1 aromatic carbocycles. The van der Waals surface area contributed by atoms with Crippen molar-refractivity contribution >= 4 is 10.1 Å². The van der Waals surface area contributed by atoms with Crippen molar-refractivity contribution in [2.75, 3.05) is 41.0 Å². The van der Waals surface area contributed by atoms with Crippen molar-refractivity contribution in [2.24, 2.45) is 0 Å². The highest BCUT2D eigenvalue weighted by Crippen LogP contribution is 2.29. The fourth-order valence-electron chi connectivity index (χ4n) is 2.19. The molecule has 1 aromatic rings. The molecule has 142 valence electrons. The Morgan fingerprint density at radius 2 is 1.80 bits per heavy atom. The zero-order valence-corrected chi connectivity index (χ0v) is 15.4. The first-order chi connectivity index (χ1) is 12.0. The SMILES string of the molecule is COCOC[C@@H](OCOC)[C@@H]1O[C@@H]1COS(=O)(=O)c1ccc(C)cc1. The average molecular weight is 376 g/mol. The Balaban J connectivity index is 1.83. The third-order valence-electron chi connectivity index (χ3n) is 3.57. The van der Waals surface area contributed by atoms with E-state index in [1.807, 2.05) is 6.92 Å². The van der Waals surface area contributed by atoms with Crippen molar-refractivity contribution in [3.05, 3.63) is 29.8 Å². The van der Waals surface area contributed by atoms with Crippen LogP contribution in [0.25, 0.3) is 0 Å². The van der Waals surface area contributed by atoms with Crippen LogP contribution in [-0.4, -0.2) is 67.7 Å². The van der Waals surface area contributed by atoms with Gasteiger partial charge >= 0.3 is 0 Å². The number of ether oxygens (including phenoxy) is 5. The Kier molecular flexibility index (Phi) is 7.76. The molecule has 0 radical (unpaired) electrons. The van der Waals surface area contributed by atoms with E-state index in [0.29, 0.717) is 0 Å². The topological polar surface area (TPSA) is 92.8 Å². The average Bonchev–Trinajstić information content (AvgIpc) is 3.36. The molecule has 0 spiro atoms. The molecule has 1 fully saturated rings. The molecule has 0 saturated carbocycles. The zero-order chi connectivity index (χ0) is 18.3. The summed E-state index contributed by atoms with van der Waals surface area (Å²) in [6.07, 6.45) is -1.10. The zero-order valence-electron chi connectivity index (χ0n) is 14.5. The lowest BCUT2D eigenvalue weighted by atomic mass is 10.2. The molecule has 3 atom stereocenters. The van der Waals surface area contributed by atoms with Crippen molar-refractivity contribution in [3.63, 3.8) is 0 Å². The van der Waals surface area contributed by atoms with Gasteiger partial charge in [0.25, 0.3) is 10.1 Å². The van der Waals surface area contributed by atoms with Gasteiger partial charge in [-0.05, 0) is 19.1 Å². The van der Waals surface area contributed by atoms with Gasteiger partial charge in [-0.1, -0.05) is 17.7 Å². The monoisotopic (exact) mass is 376 g/mol. The van der Waals surface area contributed by atoms with E-state index in [-0.39, 0.29) is 43.9 Å². The summed E-state index contributed by atoms with van der Waals surface area (Å²) in [5.41, 5.74) is 0.971. The molecule has 1 saturated heterocycles. The predicted octanol–water partition coefficient (Wildman–Crippen LogP) is 1.08. The molecule has 2 rings (SSSR count). The quantitative estimate of drug-likeness (QED) is 0.232. The van der Waals surface area contributed by atoms with E-state index in [4.69, 9.17) is 27.9 Å². The molecular formula is C16H24O8S. The number of epoxide rings is 1. The normalized spacial score (nSPS) is 21.2. The van der Waals surface area contributed by atoms with E-state index in [0.717, 1.165) is 5.56 Å². The Hall–Kier alpha value is -1.07. The van der Waals surface area contributed by atoms with Gasteiger partial charge in [-0.25, -0.2) is 0 Å². The number of methoxy groups -OCH3 is 2. The minimum Gasteiger partial charge on any atom is -0.364 e. The van der Waals surface area contributed by atoms with E-state index in [1.54, 1.807) is 12.1 Å². The lowest BCUT2D eigenvalue weighted by Crippen LogP contribution is -2.29. The van der Waals surface area contributed by atoms with Gasteiger partial charge in [-0.3, -0.25) is 4.18 Å². The number of rotatable bonds is 12. The van der Waals surface area contributed by atoms with E-state index < -0.39 is 16.2 Å². The van der Waals surface area contributed by atoms with Crippen LogP contribution in [0.4, 0.5) is 0 Å². The number of benzene rings is 1. The summed E-state index contributed by atoms with van der Waals surface area (Å²) in [5.74, 6) is 0. The lowest BCUT2D eigenvalue weighted by molar-refractivity contribution is -0.125. The first kappa shape index (κ1) is 20.2. The van der Waals surface area contributed by atoms with Gasteiger partial charge in [0.1, 0.15) is 31.9 Å². The minimum atomic E-state index is -3.82. The smallest absolute Gasteiger partial charge is 0.297 e. The largest absolute Gasteiger partial charge is 0.364 e. The maximum atomic E-state index is 12.2. The Morgan fingerprint density at radius 3 is 2.44 bits per heavy atom. The van der Waals surface area contributed by atoms with Gasteiger partial charge < -0.3 is 23.7 Å².